The highest BCUT2D eigenvalue weighted by Crippen LogP contribution is 2.37. The Morgan fingerprint density at radius 2 is 2.29 bits per heavy atom. The Balaban J connectivity index is 1.40. The third-order valence-corrected chi connectivity index (χ3v) is 6.95. The van der Waals surface area contributed by atoms with E-state index in [1.165, 1.54) is 34.8 Å². The van der Waals surface area contributed by atoms with Gasteiger partial charge in [0.1, 0.15) is 5.82 Å². The van der Waals surface area contributed by atoms with Crippen molar-refractivity contribution in [1.29, 1.82) is 0 Å². The zero-order valence-electron chi connectivity index (χ0n) is 15.4. The lowest BCUT2D eigenvalue weighted by Crippen LogP contribution is -2.22. The molecule has 1 N–H and O–H groups in total. The summed E-state index contributed by atoms with van der Waals surface area (Å²) in [5.41, 5.74) is 1.40. The smallest absolute Gasteiger partial charge is 0.277 e. The first kappa shape index (κ1) is 19.4. The van der Waals surface area contributed by atoms with Crippen molar-refractivity contribution in [2.75, 3.05) is 5.32 Å². The number of carbonyl (C=O) groups is 1. The minimum Gasteiger partial charge on any atom is -0.410 e. The van der Waals surface area contributed by atoms with Crippen LogP contribution in [0.15, 0.2) is 34.0 Å². The Morgan fingerprint density at radius 1 is 1.43 bits per heavy atom. The average molecular weight is 435 g/mol. The Labute approximate surface area is 176 Å². The first-order valence-electron chi connectivity index (χ1n) is 9.02. The summed E-state index contributed by atoms with van der Waals surface area (Å²) in [5, 5.41) is 11.5. The number of nitrogens with zero attached hydrogens (tertiary/aromatic N) is 3. The molecule has 0 radical (unpaired) electrons. The summed E-state index contributed by atoms with van der Waals surface area (Å²) in [6.07, 6.45) is 4.94. The molecule has 0 bridgehead atoms. The minimum absolute atomic E-state index is 0.194. The second-order valence-electron chi connectivity index (χ2n) is 6.89. The van der Waals surface area contributed by atoms with Crippen LogP contribution in [-0.4, -0.2) is 26.3 Å². The molecule has 3 aromatic rings. The largest absolute Gasteiger partial charge is 0.410 e. The van der Waals surface area contributed by atoms with Gasteiger partial charge in [0.2, 0.25) is 5.91 Å². The molecule has 0 aromatic carbocycles. The van der Waals surface area contributed by atoms with E-state index in [4.69, 9.17) is 16.0 Å². The molecule has 0 saturated heterocycles. The number of hydrogen-bond donors (Lipinski definition) is 1. The number of carbonyl (C=O) groups excluding carboxylic acids is 1. The van der Waals surface area contributed by atoms with E-state index in [-0.39, 0.29) is 5.91 Å². The van der Waals surface area contributed by atoms with Gasteiger partial charge in [-0.2, -0.15) is 0 Å². The van der Waals surface area contributed by atoms with Crippen molar-refractivity contribution in [3.63, 3.8) is 0 Å². The number of thiophene rings is 1. The van der Waals surface area contributed by atoms with Gasteiger partial charge >= 0.3 is 0 Å². The van der Waals surface area contributed by atoms with Crippen molar-refractivity contribution in [2.24, 2.45) is 5.92 Å². The van der Waals surface area contributed by atoms with E-state index in [0.29, 0.717) is 22.0 Å². The second-order valence-corrected chi connectivity index (χ2v) is 9.76. The second kappa shape index (κ2) is 8.23. The Bertz CT molecular complexity index is 986. The number of pyridine rings is 1. The third kappa shape index (κ3) is 4.39. The molecule has 1 aliphatic carbocycles. The fourth-order valence-corrected chi connectivity index (χ4v) is 4.98. The first-order valence-corrected chi connectivity index (χ1v) is 11.1. The van der Waals surface area contributed by atoms with Gasteiger partial charge in [-0.3, -0.25) is 4.79 Å². The normalized spacial score (nSPS) is 17.2. The molecule has 0 spiro atoms. The molecule has 2 atom stereocenters. The van der Waals surface area contributed by atoms with Crippen LogP contribution < -0.4 is 5.32 Å². The number of anilines is 1. The highest BCUT2D eigenvalue weighted by atomic mass is 35.5. The predicted octanol–water partition coefficient (Wildman–Crippen LogP) is 5.09. The highest BCUT2D eigenvalue weighted by Gasteiger charge is 2.22. The minimum atomic E-state index is -0.414. The number of rotatable bonds is 5. The predicted molar refractivity (Wildman–Crippen MR) is 112 cm³/mol. The van der Waals surface area contributed by atoms with Gasteiger partial charge < -0.3 is 9.73 Å². The first-order chi connectivity index (χ1) is 13.5. The van der Waals surface area contributed by atoms with Gasteiger partial charge in [0, 0.05) is 11.1 Å². The SMILES string of the molecule is CC1CCc2sc(-c3nnc(SC(C)C(=O)Nc4ccc(Cl)cn4)o3)cc2C1. The summed E-state index contributed by atoms with van der Waals surface area (Å²) in [7, 11) is 0. The number of hydrogen-bond acceptors (Lipinski definition) is 7. The van der Waals surface area contributed by atoms with Crippen LogP contribution in [-0.2, 0) is 17.6 Å². The van der Waals surface area contributed by atoms with E-state index in [1.807, 2.05) is 0 Å². The Kier molecular flexibility index (Phi) is 5.70. The number of fused-ring (bicyclic) bond motifs is 1. The fraction of sp³-hybridized carbons (Fsp3) is 0.368. The summed E-state index contributed by atoms with van der Waals surface area (Å²) in [5.74, 6) is 1.49. The van der Waals surface area contributed by atoms with Gasteiger partial charge in [-0.05, 0) is 55.9 Å². The van der Waals surface area contributed by atoms with Crippen molar-refractivity contribution in [2.45, 2.75) is 43.6 Å². The summed E-state index contributed by atoms with van der Waals surface area (Å²) >= 11 is 8.76. The lowest BCUT2D eigenvalue weighted by molar-refractivity contribution is -0.115. The number of amides is 1. The molecule has 6 nitrogen and oxygen atoms in total. The van der Waals surface area contributed by atoms with Gasteiger partial charge in [0.05, 0.1) is 15.1 Å². The highest BCUT2D eigenvalue weighted by molar-refractivity contribution is 8.00. The number of thioether (sulfide) groups is 1. The molecule has 0 aliphatic heterocycles. The van der Waals surface area contributed by atoms with Crippen molar-refractivity contribution >= 4 is 46.4 Å². The zero-order chi connectivity index (χ0) is 19.7. The molecule has 0 saturated carbocycles. The van der Waals surface area contributed by atoms with Crippen LogP contribution in [0.3, 0.4) is 0 Å². The molecular formula is C19H19ClN4O2S2. The molecule has 28 heavy (non-hydrogen) atoms. The maximum Gasteiger partial charge on any atom is 0.277 e. The monoisotopic (exact) mass is 434 g/mol. The van der Waals surface area contributed by atoms with Gasteiger partial charge in [-0.25, -0.2) is 4.98 Å². The van der Waals surface area contributed by atoms with Crippen molar-refractivity contribution in [3.8, 4) is 10.8 Å². The van der Waals surface area contributed by atoms with Crippen LogP contribution >= 0.6 is 34.7 Å². The standard InChI is InChI=1S/C19H19ClN4O2S2/c1-10-3-5-14-12(7-10)8-15(28-14)18-23-24-19(26-18)27-11(2)17(25)22-16-6-4-13(20)9-21-16/h4,6,8-11H,3,5,7H2,1-2H3,(H,21,22,25). The zero-order valence-corrected chi connectivity index (χ0v) is 17.8. The topological polar surface area (TPSA) is 80.9 Å². The fourth-order valence-electron chi connectivity index (χ4n) is 3.05. The molecule has 3 aromatic heterocycles. The number of halogens is 1. The quantitative estimate of drug-likeness (QED) is 0.563. The number of aryl methyl sites for hydroxylation is 1. The maximum absolute atomic E-state index is 12.3. The van der Waals surface area contributed by atoms with Gasteiger partial charge in [-0.15, -0.1) is 21.5 Å². The Hall–Kier alpha value is -1.90. The molecule has 146 valence electrons. The van der Waals surface area contributed by atoms with Gasteiger partial charge in [0.15, 0.2) is 0 Å². The molecule has 1 amide bonds. The van der Waals surface area contributed by atoms with E-state index in [0.717, 1.165) is 23.6 Å². The summed E-state index contributed by atoms with van der Waals surface area (Å²) < 4.78 is 5.80. The van der Waals surface area contributed by atoms with E-state index in [9.17, 15) is 4.79 Å². The molecular weight excluding hydrogens is 416 g/mol. The lowest BCUT2D eigenvalue weighted by Gasteiger charge is -2.16. The van der Waals surface area contributed by atoms with E-state index in [2.05, 4.69) is 33.5 Å². The van der Waals surface area contributed by atoms with Crippen LogP contribution in [0.1, 0.15) is 30.7 Å². The molecule has 4 rings (SSSR count). The van der Waals surface area contributed by atoms with Crippen LogP contribution in [0.25, 0.3) is 10.8 Å². The van der Waals surface area contributed by atoms with Crippen LogP contribution in [0.5, 0.6) is 0 Å². The summed E-state index contributed by atoms with van der Waals surface area (Å²) in [4.78, 5) is 18.8. The van der Waals surface area contributed by atoms with Gasteiger partial charge in [-0.1, -0.05) is 30.3 Å². The molecule has 1 aliphatic rings. The van der Waals surface area contributed by atoms with E-state index >= 15 is 0 Å². The summed E-state index contributed by atoms with van der Waals surface area (Å²) in [6.45, 7) is 4.07. The third-order valence-electron chi connectivity index (χ3n) is 4.57. The number of aromatic nitrogens is 3. The molecule has 9 heteroatoms. The average Bonchev–Trinajstić information content (AvgIpc) is 3.29. The lowest BCUT2D eigenvalue weighted by atomic mass is 9.90. The summed E-state index contributed by atoms with van der Waals surface area (Å²) in [6, 6.07) is 5.50. The van der Waals surface area contributed by atoms with E-state index in [1.54, 1.807) is 30.4 Å². The molecule has 3 heterocycles. The van der Waals surface area contributed by atoms with Crippen LogP contribution in [0.2, 0.25) is 5.02 Å². The molecule has 2 unspecified atom stereocenters. The van der Waals surface area contributed by atoms with Gasteiger partial charge in [0.25, 0.3) is 11.1 Å². The van der Waals surface area contributed by atoms with Crippen molar-refractivity contribution in [3.05, 3.63) is 39.9 Å². The van der Waals surface area contributed by atoms with E-state index < -0.39 is 5.25 Å². The number of nitrogens with one attached hydrogen (secondary N) is 1. The maximum atomic E-state index is 12.3. The van der Waals surface area contributed by atoms with Crippen molar-refractivity contribution < 1.29 is 9.21 Å². The Morgan fingerprint density at radius 3 is 3.07 bits per heavy atom. The van der Waals surface area contributed by atoms with Crippen molar-refractivity contribution in [1.82, 2.24) is 15.2 Å². The van der Waals surface area contributed by atoms with Crippen LogP contribution in [0.4, 0.5) is 5.82 Å². The van der Waals surface area contributed by atoms with Crippen LogP contribution in [0, 0.1) is 5.92 Å². The molecule has 0 fully saturated rings.